The lowest BCUT2D eigenvalue weighted by molar-refractivity contribution is 0.600. The van der Waals surface area contributed by atoms with E-state index >= 15 is 0 Å². The minimum Gasteiger partial charge on any atom is -0.381 e. The molecule has 0 saturated heterocycles. The fraction of sp³-hybridized carbons (Fsp3) is 0.231. The van der Waals surface area contributed by atoms with Crippen molar-refractivity contribution in [1.82, 2.24) is 9.78 Å². The number of nitriles is 1. The van der Waals surface area contributed by atoms with Crippen molar-refractivity contribution in [3.05, 3.63) is 35.5 Å². The third-order valence-corrected chi connectivity index (χ3v) is 4.38. The van der Waals surface area contributed by atoms with E-state index in [0.29, 0.717) is 12.1 Å². The minimum atomic E-state index is -3.89. The summed E-state index contributed by atoms with van der Waals surface area (Å²) in [6, 6.07) is 6.93. The summed E-state index contributed by atoms with van der Waals surface area (Å²) in [4.78, 5) is -0.102. The molecular weight excluding hydrogens is 290 g/mol. The summed E-state index contributed by atoms with van der Waals surface area (Å²) in [5.41, 5.74) is 6.83. The van der Waals surface area contributed by atoms with Crippen molar-refractivity contribution in [3.8, 4) is 6.07 Å². The van der Waals surface area contributed by atoms with Crippen LogP contribution in [0.15, 0.2) is 29.3 Å². The van der Waals surface area contributed by atoms with E-state index in [2.05, 4.69) is 9.82 Å². The van der Waals surface area contributed by atoms with Gasteiger partial charge in [-0.05, 0) is 25.5 Å². The average Bonchev–Trinajstić information content (AvgIpc) is 2.81. The van der Waals surface area contributed by atoms with Crippen LogP contribution in [0, 0.1) is 18.3 Å². The molecule has 21 heavy (non-hydrogen) atoms. The van der Waals surface area contributed by atoms with Gasteiger partial charge in [-0.15, -0.1) is 0 Å². The van der Waals surface area contributed by atoms with Gasteiger partial charge in [0.15, 0.2) is 5.82 Å². The lowest BCUT2D eigenvalue weighted by Gasteiger charge is -2.09. The van der Waals surface area contributed by atoms with E-state index in [1.54, 1.807) is 19.1 Å². The van der Waals surface area contributed by atoms with Crippen molar-refractivity contribution >= 4 is 21.5 Å². The molecule has 1 heterocycles. The van der Waals surface area contributed by atoms with E-state index in [0.717, 1.165) is 0 Å². The first kappa shape index (κ1) is 14.9. The molecule has 0 spiro atoms. The van der Waals surface area contributed by atoms with Gasteiger partial charge in [0.25, 0.3) is 10.0 Å². The van der Waals surface area contributed by atoms with Crippen molar-refractivity contribution in [1.29, 1.82) is 5.26 Å². The van der Waals surface area contributed by atoms with Crippen LogP contribution in [0.4, 0.5) is 11.5 Å². The van der Waals surface area contributed by atoms with Crippen LogP contribution in [0.2, 0.25) is 0 Å². The maximum absolute atomic E-state index is 12.4. The molecule has 1 aromatic heterocycles. The molecule has 0 aliphatic heterocycles. The Labute approximate surface area is 123 Å². The number of benzene rings is 1. The third-order valence-electron chi connectivity index (χ3n) is 3.00. The Morgan fingerprint density at radius 1 is 1.48 bits per heavy atom. The van der Waals surface area contributed by atoms with Crippen molar-refractivity contribution < 1.29 is 8.42 Å². The molecule has 0 bridgehead atoms. The van der Waals surface area contributed by atoms with Gasteiger partial charge in [-0.3, -0.25) is 9.40 Å². The largest absolute Gasteiger partial charge is 0.381 e. The van der Waals surface area contributed by atoms with Gasteiger partial charge in [0, 0.05) is 12.7 Å². The summed E-state index contributed by atoms with van der Waals surface area (Å²) in [5.74, 6) is -0.0736. The minimum absolute atomic E-state index is 0.0736. The molecule has 0 atom stereocenters. The van der Waals surface area contributed by atoms with Gasteiger partial charge in [-0.25, -0.2) is 8.42 Å². The van der Waals surface area contributed by atoms with E-state index in [-0.39, 0.29) is 22.0 Å². The molecular formula is C13H15N5O2S. The van der Waals surface area contributed by atoms with Gasteiger partial charge < -0.3 is 5.73 Å². The topological polar surface area (TPSA) is 114 Å². The van der Waals surface area contributed by atoms with Crippen LogP contribution < -0.4 is 10.5 Å². The van der Waals surface area contributed by atoms with Crippen molar-refractivity contribution in [2.45, 2.75) is 25.3 Å². The lowest BCUT2D eigenvalue weighted by atomic mass is 10.1. The molecule has 0 saturated carbocycles. The fourth-order valence-corrected chi connectivity index (χ4v) is 3.03. The highest BCUT2D eigenvalue weighted by atomic mass is 32.2. The number of rotatable bonds is 4. The van der Waals surface area contributed by atoms with Crippen LogP contribution in [0.1, 0.15) is 18.1 Å². The molecule has 0 aliphatic rings. The lowest BCUT2D eigenvalue weighted by Crippen LogP contribution is -2.15. The van der Waals surface area contributed by atoms with E-state index in [4.69, 9.17) is 11.0 Å². The van der Waals surface area contributed by atoms with Crippen LogP contribution in [0.25, 0.3) is 0 Å². The molecule has 1 aromatic carbocycles. The van der Waals surface area contributed by atoms with Crippen molar-refractivity contribution in [3.63, 3.8) is 0 Å². The van der Waals surface area contributed by atoms with Crippen LogP contribution >= 0.6 is 0 Å². The molecule has 0 aliphatic carbocycles. The molecule has 2 aromatic rings. The monoisotopic (exact) mass is 305 g/mol. The smallest absolute Gasteiger partial charge is 0.267 e. The molecule has 110 valence electrons. The summed E-state index contributed by atoms with van der Waals surface area (Å²) in [5, 5.41) is 13.0. The number of nitrogens with one attached hydrogen (secondary N) is 1. The molecule has 2 rings (SSSR count). The van der Waals surface area contributed by atoms with E-state index < -0.39 is 10.0 Å². The number of nitrogens with two attached hydrogens (primary N) is 1. The second-order valence-electron chi connectivity index (χ2n) is 4.45. The number of hydrogen-bond acceptors (Lipinski definition) is 5. The Hall–Kier alpha value is -2.53. The second kappa shape index (κ2) is 5.46. The zero-order chi connectivity index (χ0) is 15.6. The zero-order valence-electron chi connectivity index (χ0n) is 11.7. The summed E-state index contributed by atoms with van der Waals surface area (Å²) < 4.78 is 28.6. The number of anilines is 2. The Morgan fingerprint density at radius 2 is 2.19 bits per heavy atom. The van der Waals surface area contributed by atoms with Gasteiger partial charge in [-0.1, -0.05) is 12.1 Å². The zero-order valence-corrected chi connectivity index (χ0v) is 12.5. The number of aromatic nitrogens is 2. The van der Waals surface area contributed by atoms with E-state index in [1.807, 2.05) is 13.0 Å². The first-order valence-electron chi connectivity index (χ1n) is 6.24. The van der Waals surface area contributed by atoms with Crippen molar-refractivity contribution in [2.24, 2.45) is 0 Å². The maximum atomic E-state index is 12.4. The highest BCUT2D eigenvalue weighted by Crippen LogP contribution is 2.24. The Bertz CT molecular complexity index is 818. The first-order valence-corrected chi connectivity index (χ1v) is 7.72. The van der Waals surface area contributed by atoms with Gasteiger partial charge >= 0.3 is 0 Å². The number of hydrogen-bond donors (Lipinski definition) is 2. The SMILES string of the molecule is CCn1cc(S(=O)(=O)Nc2cccc(C)c2C#N)c(N)n1. The van der Waals surface area contributed by atoms with Crippen molar-refractivity contribution in [2.75, 3.05) is 10.5 Å². The fourth-order valence-electron chi connectivity index (χ4n) is 1.89. The molecule has 0 unspecified atom stereocenters. The number of aryl methyl sites for hydroxylation is 2. The van der Waals surface area contributed by atoms with Crippen LogP contribution in [-0.2, 0) is 16.6 Å². The number of nitrogen functional groups attached to an aromatic ring is 1. The third kappa shape index (κ3) is 2.83. The maximum Gasteiger partial charge on any atom is 0.267 e. The molecule has 3 N–H and O–H groups in total. The molecule has 7 nitrogen and oxygen atoms in total. The van der Waals surface area contributed by atoms with Crippen LogP contribution in [-0.4, -0.2) is 18.2 Å². The van der Waals surface area contributed by atoms with E-state index in [1.165, 1.54) is 16.9 Å². The Morgan fingerprint density at radius 3 is 2.76 bits per heavy atom. The van der Waals surface area contributed by atoms with E-state index in [9.17, 15) is 8.42 Å². The Balaban J connectivity index is 2.45. The van der Waals surface area contributed by atoms with Gasteiger partial charge in [0.05, 0.1) is 11.3 Å². The average molecular weight is 305 g/mol. The predicted octanol–water partition coefficient (Wildman–Crippen LogP) is 1.47. The quantitative estimate of drug-likeness (QED) is 0.887. The highest BCUT2D eigenvalue weighted by molar-refractivity contribution is 7.92. The molecule has 0 amide bonds. The summed E-state index contributed by atoms with van der Waals surface area (Å²) in [6.07, 6.45) is 1.36. The molecule has 0 fully saturated rings. The summed E-state index contributed by atoms with van der Waals surface area (Å²) in [7, 11) is -3.89. The molecule has 0 radical (unpaired) electrons. The number of sulfonamides is 1. The highest BCUT2D eigenvalue weighted by Gasteiger charge is 2.22. The second-order valence-corrected chi connectivity index (χ2v) is 6.10. The van der Waals surface area contributed by atoms with Gasteiger partial charge in [-0.2, -0.15) is 10.4 Å². The summed E-state index contributed by atoms with van der Waals surface area (Å²) >= 11 is 0. The Kier molecular flexibility index (Phi) is 3.86. The molecule has 8 heteroatoms. The van der Waals surface area contributed by atoms with Crippen LogP contribution in [0.3, 0.4) is 0 Å². The first-order chi connectivity index (χ1) is 9.89. The summed E-state index contributed by atoms with van der Waals surface area (Å²) in [6.45, 7) is 4.07. The van der Waals surface area contributed by atoms with Crippen LogP contribution in [0.5, 0.6) is 0 Å². The number of nitrogens with zero attached hydrogens (tertiary/aromatic N) is 3. The van der Waals surface area contributed by atoms with Gasteiger partial charge in [0.1, 0.15) is 11.0 Å². The predicted molar refractivity (Wildman–Crippen MR) is 79.0 cm³/mol. The van der Waals surface area contributed by atoms with Gasteiger partial charge in [0.2, 0.25) is 0 Å². The standard InChI is InChI=1S/C13H15N5O2S/c1-3-18-8-12(13(15)16-18)21(19,20)17-11-6-4-5-9(2)10(11)7-14/h4-6,8,17H,3H2,1-2H3,(H2,15,16). The normalized spacial score (nSPS) is 11.1.